The van der Waals surface area contributed by atoms with E-state index in [1.54, 1.807) is 25.1 Å². The van der Waals surface area contributed by atoms with E-state index in [4.69, 9.17) is 0 Å². The number of carbonyl (C=O) groups is 1. The molecule has 2 rings (SSSR count). The van der Waals surface area contributed by atoms with Crippen LogP contribution in [0.5, 0.6) is 0 Å². The Morgan fingerprint density at radius 1 is 1.25 bits per heavy atom. The largest absolute Gasteiger partial charge is 0.278 e. The summed E-state index contributed by atoms with van der Waals surface area (Å²) in [6, 6.07) is 11.2. The number of nitrogens with one attached hydrogen (secondary N) is 1. The van der Waals surface area contributed by atoms with E-state index in [-0.39, 0.29) is 11.3 Å². The van der Waals surface area contributed by atoms with Crippen LogP contribution >= 0.6 is 0 Å². The zero-order valence-corrected chi connectivity index (χ0v) is 16.4. The highest BCUT2D eigenvalue weighted by Gasteiger charge is 2.22. The first-order valence-corrected chi connectivity index (χ1v) is 10.0. The molecule has 2 aromatic rings. The van der Waals surface area contributed by atoms with Crippen LogP contribution in [0.25, 0.3) is 0 Å². The number of carbonyl (C=O) groups excluding carboxylic acids is 1. The second-order valence-corrected chi connectivity index (χ2v) is 8.08. The van der Waals surface area contributed by atoms with Gasteiger partial charge in [-0.2, -0.15) is 5.10 Å². The van der Waals surface area contributed by atoms with Crippen LogP contribution < -0.4 is 9.73 Å². The number of anilines is 1. The maximum absolute atomic E-state index is 12.2. The van der Waals surface area contributed by atoms with Gasteiger partial charge in [0.1, 0.15) is 6.54 Å². The van der Waals surface area contributed by atoms with Crippen molar-refractivity contribution in [3.63, 3.8) is 0 Å². The summed E-state index contributed by atoms with van der Waals surface area (Å²) in [5.41, 5.74) is 4.21. The van der Waals surface area contributed by atoms with Gasteiger partial charge in [0.05, 0.1) is 28.6 Å². The number of rotatable bonds is 7. The average Bonchev–Trinajstić information content (AvgIpc) is 2.61. The molecular weight excluding hydrogens is 384 g/mol. The van der Waals surface area contributed by atoms with Crippen molar-refractivity contribution >= 4 is 33.5 Å². The monoisotopic (exact) mass is 404 g/mol. The van der Waals surface area contributed by atoms with E-state index in [0.29, 0.717) is 11.3 Å². The highest BCUT2D eigenvalue weighted by Crippen LogP contribution is 2.23. The molecule has 2 aromatic carbocycles. The summed E-state index contributed by atoms with van der Waals surface area (Å²) in [6.45, 7) is 3.09. The second kappa shape index (κ2) is 8.61. The first-order valence-electron chi connectivity index (χ1n) is 8.20. The molecule has 0 aliphatic carbocycles. The van der Waals surface area contributed by atoms with Crippen LogP contribution in [0, 0.1) is 24.0 Å². The van der Waals surface area contributed by atoms with Gasteiger partial charge in [0.2, 0.25) is 10.0 Å². The van der Waals surface area contributed by atoms with E-state index in [9.17, 15) is 23.3 Å². The Hall–Kier alpha value is -3.27. The molecule has 28 heavy (non-hydrogen) atoms. The lowest BCUT2D eigenvalue weighted by atomic mass is 10.1. The Labute approximate surface area is 162 Å². The molecule has 9 nitrogen and oxygen atoms in total. The van der Waals surface area contributed by atoms with Crippen molar-refractivity contribution in [1.82, 2.24) is 5.43 Å². The zero-order valence-electron chi connectivity index (χ0n) is 15.6. The van der Waals surface area contributed by atoms with Crippen LogP contribution in [-0.2, 0) is 14.8 Å². The Balaban J connectivity index is 2.17. The fraction of sp³-hybridized carbons (Fsp3) is 0.222. The number of hydrazone groups is 1. The number of sulfonamides is 1. The van der Waals surface area contributed by atoms with Gasteiger partial charge in [-0.05, 0) is 37.1 Å². The average molecular weight is 404 g/mol. The minimum Gasteiger partial charge on any atom is -0.271 e. The molecular formula is C18H20N4O5S. The highest BCUT2D eigenvalue weighted by atomic mass is 32.2. The Morgan fingerprint density at radius 2 is 1.93 bits per heavy atom. The van der Waals surface area contributed by atoms with Gasteiger partial charge in [-0.25, -0.2) is 13.8 Å². The first-order chi connectivity index (χ1) is 13.1. The molecule has 0 saturated carbocycles. The molecule has 0 unspecified atom stereocenters. The normalized spacial score (nSPS) is 11.4. The Bertz CT molecular complexity index is 1030. The van der Waals surface area contributed by atoms with Crippen LogP contribution in [0.1, 0.15) is 16.7 Å². The van der Waals surface area contributed by atoms with E-state index in [1.165, 1.54) is 18.2 Å². The maximum Gasteiger partial charge on any atom is 0.278 e. The summed E-state index contributed by atoms with van der Waals surface area (Å²) >= 11 is 0. The van der Waals surface area contributed by atoms with Crippen molar-refractivity contribution in [2.75, 3.05) is 17.1 Å². The predicted molar refractivity (Wildman–Crippen MR) is 107 cm³/mol. The van der Waals surface area contributed by atoms with Crippen molar-refractivity contribution < 1.29 is 18.1 Å². The van der Waals surface area contributed by atoms with Crippen molar-refractivity contribution in [3.8, 4) is 0 Å². The van der Waals surface area contributed by atoms with Crippen molar-refractivity contribution in [2.45, 2.75) is 13.8 Å². The summed E-state index contributed by atoms with van der Waals surface area (Å²) in [4.78, 5) is 22.6. The number of amides is 1. The third-order valence-electron chi connectivity index (χ3n) is 3.85. The van der Waals surface area contributed by atoms with Gasteiger partial charge in [0.25, 0.3) is 11.6 Å². The molecule has 0 aromatic heterocycles. The van der Waals surface area contributed by atoms with Gasteiger partial charge in [-0.1, -0.05) is 24.3 Å². The third-order valence-corrected chi connectivity index (χ3v) is 4.97. The number of nitro benzene ring substituents is 1. The highest BCUT2D eigenvalue weighted by molar-refractivity contribution is 7.92. The molecule has 0 atom stereocenters. The molecule has 0 fully saturated rings. The van der Waals surface area contributed by atoms with Gasteiger partial charge in [0, 0.05) is 6.07 Å². The van der Waals surface area contributed by atoms with Gasteiger partial charge >= 0.3 is 0 Å². The molecule has 10 heteroatoms. The van der Waals surface area contributed by atoms with Crippen LogP contribution in [0.2, 0.25) is 0 Å². The number of benzene rings is 2. The Morgan fingerprint density at radius 3 is 2.57 bits per heavy atom. The minimum absolute atomic E-state index is 0.159. The van der Waals surface area contributed by atoms with Gasteiger partial charge in [0.15, 0.2) is 0 Å². The molecule has 0 aliphatic rings. The number of nitrogens with zero attached hydrogens (tertiary/aromatic N) is 3. The topological polar surface area (TPSA) is 122 Å². The summed E-state index contributed by atoms with van der Waals surface area (Å²) in [6.07, 6.45) is 2.15. The van der Waals surface area contributed by atoms with Crippen molar-refractivity contribution in [2.24, 2.45) is 5.10 Å². The van der Waals surface area contributed by atoms with Gasteiger partial charge in [-0.15, -0.1) is 0 Å². The van der Waals surface area contributed by atoms with Gasteiger partial charge < -0.3 is 0 Å². The van der Waals surface area contributed by atoms with E-state index in [2.05, 4.69) is 10.5 Å². The lowest BCUT2D eigenvalue weighted by Crippen LogP contribution is -2.39. The van der Waals surface area contributed by atoms with Crippen molar-refractivity contribution in [1.29, 1.82) is 0 Å². The van der Waals surface area contributed by atoms with Crippen LogP contribution in [0.3, 0.4) is 0 Å². The standard InChI is InChI=1S/C18H20N4O5S/c1-13-8-9-14(2)17(10-13)21(28(3,26)27)12-18(23)20-19-11-15-6-4-5-7-16(15)22(24)25/h4-11H,12H2,1-3H3,(H,20,23)/b19-11-. The smallest absolute Gasteiger partial charge is 0.271 e. The maximum atomic E-state index is 12.2. The predicted octanol–water partition coefficient (Wildman–Crippen LogP) is 2.13. The number of nitro groups is 1. The van der Waals surface area contributed by atoms with Crippen LogP contribution in [-0.4, -0.2) is 38.3 Å². The van der Waals surface area contributed by atoms with Crippen LogP contribution in [0.4, 0.5) is 11.4 Å². The molecule has 1 N–H and O–H groups in total. The molecule has 0 radical (unpaired) electrons. The second-order valence-electron chi connectivity index (χ2n) is 6.17. The molecule has 0 spiro atoms. The van der Waals surface area contributed by atoms with E-state index >= 15 is 0 Å². The Kier molecular flexibility index (Phi) is 6.47. The molecule has 0 aliphatic heterocycles. The summed E-state index contributed by atoms with van der Waals surface area (Å²) < 4.78 is 25.3. The summed E-state index contributed by atoms with van der Waals surface area (Å²) in [7, 11) is -3.72. The van der Waals surface area contributed by atoms with E-state index in [1.807, 2.05) is 13.0 Å². The lowest BCUT2D eigenvalue weighted by Gasteiger charge is -2.23. The molecule has 148 valence electrons. The summed E-state index contributed by atoms with van der Waals surface area (Å²) in [5.74, 6) is -0.679. The third kappa shape index (κ3) is 5.36. The van der Waals surface area contributed by atoms with Gasteiger partial charge in [-0.3, -0.25) is 19.2 Å². The van der Waals surface area contributed by atoms with E-state index in [0.717, 1.165) is 22.3 Å². The fourth-order valence-corrected chi connectivity index (χ4v) is 3.38. The number of hydrogen-bond donors (Lipinski definition) is 1. The summed E-state index contributed by atoms with van der Waals surface area (Å²) in [5, 5.41) is 14.7. The number of para-hydroxylation sites is 1. The molecule has 1 amide bonds. The SMILES string of the molecule is Cc1ccc(C)c(N(CC(=O)N/N=C\c2ccccc2[N+](=O)[O-])S(C)(=O)=O)c1. The molecule has 0 heterocycles. The first kappa shape index (κ1) is 21.0. The van der Waals surface area contributed by atoms with E-state index < -0.39 is 27.4 Å². The quantitative estimate of drug-likeness (QED) is 0.430. The number of hydrogen-bond acceptors (Lipinski definition) is 6. The lowest BCUT2D eigenvalue weighted by molar-refractivity contribution is -0.385. The molecule has 0 bridgehead atoms. The van der Waals surface area contributed by atoms with Crippen molar-refractivity contribution in [3.05, 3.63) is 69.3 Å². The fourth-order valence-electron chi connectivity index (χ4n) is 2.47. The molecule has 0 saturated heterocycles. The number of aryl methyl sites for hydroxylation is 2. The van der Waals surface area contributed by atoms with Crippen LogP contribution in [0.15, 0.2) is 47.6 Å². The minimum atomic E-state index is -3.72. The zero-order chi connectivity index (χ0) is 20.9.